The normalized spacial score (nSPS) is 12.2. The van der Waals surface area contributed by atoms with Gasteiger partial charge in [0.25, 0.3) is 10.2 Å². The van der Waals surface area contributed by atoms with Crippen molar-refractivity contribution in [3.05, 3.63) is 47.8 Å². The zero-order valence-electron chi connectivity index (χ0n) is 11.4. The molecule has 0 bridgehead atoms. The molecule has 124 valence electrons. The first-order chi connectivity index (χ1) is 10.5. The van der Waals surface area contributed by atoms with Crippen LogP contribution in [0, 0.1) is 5.82 Å². The third-order valence-corrected chi connectivity index (χ3v) is 3.42. The molecule has 0 unspecified atom stereocenters. The quantitative estimate of drug-likeness (QED) is 0.587. The molecule has 0 aliphatic carbocycles. The molecule has 5 N–H and O–H groups in total. The highest BCUT2D eigenvalue weighted by molar-refractivity contribution is 7.90. The lowest BCUT2D eigenvalue weighted by Gasteiger charge is -2.12. The fourth-order valence-electron chi connectivity index (χ4n) is 1.93. The minimum atomic E-state index is -4.59. The largest absolute Gasteiger partial charge is 0.418 e. The van der Waals surface area contributed by atoms with E-state index in [0.717, 1.165) is 30.3 Å². The van der Waals surface area contributed by atoms with Gasteiger partial charge in [-0.25, -0.2) is 9.53 Å². The number of nitrogen functional groups attached to an aromatic ring is 1. The van der Waals surface area contributed by atoms with Crippen molar-refractivity contribution in [3.8, 4) is 11.1 Å². The Balaban J connectivity index is 2.40. The Bertz CT molecular complexity index is 851. The van der Waals surface area contributed by atoms with Gasteiger partial charge < -0.3 is 5.73 Å². The number of anilines is 2. The van der Waals surface area contributed by atoms with E-state index in [9.17, 15) is 26.0 Å². The van der Waals surface area contributed by atoms with E-state index in [4.69, 9.17) is 10.9 Å². The van der Waals surface area contributed by atoms with Crippen LogP contribution in [0.3, 0.4) is 0 Å². The molecule has 0 saturated carbocycles. The minimum absolute atomic E-state index is 0.225. The molecule has 23 heavy (non-hydrogen) atoms. The van der Waals surface area contributed by atoms with Crippen molar-refractivity contribution in [2.75, 3.05) is 10.5 Å². The Morgan fingerprint density at radius 1 is 1.00 bits per heavy atom. The van der Waals surface area contributed by atoms with E-state index < -0.39 is 33.5 Å². The van der Waals surface area contributed by atoms with E-state index in [1.165, 1.54) is 6.07 Å². The Morgan fingerprint density at radius 3 is 2.04 bits per heavy atom. The van der Waals surface area contributed by atoms with E-state index in [-0.39, 0.29) is 16.8 Å². The van der Waals surface area contributed by atoms with E-state index in [1.807, 2.05) is 0 Å². The van der Waals surface area contributed by atoms with Gasteiger partial charge in [0.1, 0.15) is 5.82 Å². The average molecular weight is 349 g/mol. The molecule has 0 aromatic heterocycles. The predicted molar refractivity (Wildman–Crippen MR) is 78.0 cm³/mol. The lowest BCUT2D eigenvalue weighted by Crippen LogP contribution is -2.22. The zero-order chi connectivity index (χ0) is 17.4. The highest BCUT2D eigenvalue weighted by Gasteiger charge is 2.32. The van der Waals surface area contributed by atoms with Gasteiger partial charge in [-0.15, -0.1) is 0 Å². The van der Waals surface area contributed by atoms with E-state index in [1.54, 1.807) is 4.72 Å². The van der Waals surface area contributed by atoms with Gasteiger partial charge in [-0.2, -0.15) is 21.6 Å². The lowest BCUT2D eigenvalue weighted by atomic mass is 10.0. The molecular weight excluding hydrogens is 338 g/mol. The molecule has 0 amide bonds. The Kier molecular flexibility index (Phi) is 4.22. The second kappa shape index (κ2) is 5.70. The molecule has 0 saturated heterocycles. The van der Waals surface area contributed by atoms with E-state index in [2.05, 4.69) is 0 Å². The van der Waals surface area contributed by atoms with Crippen molar-refractivity contribution >= 4 is 21.6 Å². The second-order valence-electron chi connectivity index (χ2n) is 4.64. The molecule has 2 aromatic rings. The first kappa shape index (κ1) is 17.0. The van der Waals surface area contributed by atoms with Crippen molar-refractivity contribution in [1.82, 2.24) is 0 Å². The second-order valence-corrected chi connectivity index (χ2v) is 5.94. The molecule has 0 radical (unpaired) electrons. The fourth-order valence-corrected chi connectivity index (χ4v) is 2.40. The molecule has 5 nitrogen and oxygen atoms in total. The van der Waals surface area contributed by atoms with Crippen LogP contribution in [0.1, 0.15) is 5.56 Å². The summed E-state index contributed by atoms with van der Waals surface area (Å²) in [4.78, 5) is 0. The first-order valence-electron chi connectivity index (χ1n) is 6.04. The van der Waals surface area contributed by atoms with E-state index >= 15 is 0 Å². The van der Waals surface area contributed by atoms with Gasteiger partial charge in [0.05, 0.1) is 11.3 Å². The van der Waals surface area contributed by atoms with Crippen LogP contribution in [0.15, 0.2) is 36.4 Å². The van der Waals surface area contributed by atoms with Gasteiger partial charge in [0, 0.05) is 5.69 Å². The Labute approximate surface area is 129 Å². The molecule has 0 spiro atoms. The standard InChI is InChI=1S/C13H11F4N3O2S/c14-10-5-7(2-4-12(10)20-23(19,21)22)8-1-3-9(11(18)6-8)13(15,16)17/h1-6,20H,18H2,(H2,19,21,22). The zero-order valence-corrected chi connectivity index (χ0v) is 12.2. The number of nitrogens with two attached hydrogens (primary N) is 2. The maximum Gasteiger partial charge on any atom is 0.418 e. The molecule has 2 aromatic carbocycles. The van der Waals surface area contributed by atoms with Gasteiger partial charge in [-0.05, 0) is 35.4 Å². The summed E-state index contributed by atoms with van der Waals surface area (Å²) >= 11 is 0. The van der Waals surface area contributed by atoms with Gasteiger partial charge in [0.15, 0.2) is 0 Å². The predicted octanol–water partition coefficient (Wildman–Crippen LogP) is 2.71. The SMILES string of the molecule is Nc1cc(-c2ccc(NS(N)(=O)=O)c(F)c2)ccc1C(F)(F)F. The maximum atomic E-state index is 13.8. The summed E-state index contributed by atoms with van der Waals surface area (Å²) in [6.45, 7) is 0. The van der Waals surface area contributed by atoms with Gasteiger partial charge in [-0.3, -0.25) is 4.72 Å². The molecule has 0 aliphatic rings. The van der Waals surface area contributed by atoms with Crippen LogP contribution >= 0.6 is 0 Å². The van der Waals surface area contributed by atoms with Gasteiger partial charge in [-0.1, -0.05) is 12.1 Å². The van der Waals surface area contributed by atoms with Crippen molar-refractivity contribution in [3.63, 3.8) is 0 Å². The number of rotatable bonds is 3. The summed E-state index contributed by atoms with van der Waals surface area (Å²) in [5, 5.41) is 4.73. The topological polar surface area (TPSA) is 98.2 Å². The number of alkyl halides is 3. The summed E-state index contributed by atoms with van der Waals surface area (Å²) in [5.41, 5.74) is 3.98. The summed E-state index contributed by atoms with van der Waals surface area (Å²) in [6, 6.07) is 6.36. The number of hydrogen-bond acceptors (Lipinski definition) is 3. The van der Waals surface area contributed by atoms with Crippen LogP contribution in [0.4, 0.5) is 28.9 Å². The van der Waals surface area contributed by atoms with Crippen LogP contribution < -0.4 is 15.6 Å². The van der Waals surface area contributed by atoms with Crippen LogP contribution in [0.2, 0.25) is 0 Å². The Morgan fingerprint density at radius 2 is 1.57 bits per heavy atom. The number of halogens is 4. The Hall–Kier alpha value is -2.33. The third-order valence-electron chi connectivity index (χ3n) is 2.91. The first-order valence-corrected chi connectivity index (χ1v) is 7.59. The number of benzene rings is 2. The summed E-state index contributed by atoms with van der Waals surface area (Å²) in [7, 11) is -4.14. The van der Waals surface area contributed by atoms with Crippen LogP contribution in [-0.4, -0.2) is 8.42 Å². The summed E-state index contributed by atoms with van der Waals surface area (Å²) in [6.07, 6.45) is -4.59. The van der Waals surface area contributed by atoms with Crippen molar-refractivity contribution in [1.29, 1.82) is 0 Å². The molecular formula is C13H11F4N3O2S. The smallest absolute Gasteiger partial charge is 0.398 e. The molecule has 0 atom stereocenters. The lowest BCUT2D eigenvalue weighted by molar-refractivity contribution is -0.136. The van der Waals surface area contributed by atoms with Crippen molar-refractivity contribution < 1.29 is 26.0 Å². The highest BCUT2D eigenvalue weighted by Crippen LogP contribution is 2.36. The summed E-state index contributed by atoms with van der Waals surface area (Å²) < 4.78 is 75.3. The van der Waals surface area contributed by atoms with Crippen molar-refractivity contribution in [2.45, 2.75) is 6.18 Å². The van der Waals surface area contributed by atoms with Gasteiger partial charge >= 0.3 is 6.18 Å². The molecule has 2 rings (SSSR count). The molecule has 0 heterocycles. The summed E-state index contributed by atoms with van der Waals surface area (Å²) in [5.74, 6) is -0.935. The van der Waals surface area contributed by atoms with Crippen LogP contribution in [-0.2, 0) is 16.4 Å². The molecule has 0 aliphatic heterocycles. The average Bonchev–Trinajstić information content (AvgIpc) is 2.38. The highest BCUT2D eigenvalue weighted by atomic mass is 32.2. The molecule has 0 fully saturated rings. The van der Waals surface area contributed by atoms with E-state index in [0.29, 0.717) is 0 Å². The fraction of sp³-hybridized carbons (Fsp3) is 0.0769. The molecule has 10 heteroatoms. The van der Waals surface area contributed by atoms with Crippen molar-refractivity contribution in [2.24, 2.45) is 5.14 Å². The maximum absolute atomic E-state index is 13.8. The van der Waals surface area contributed by atoms with Gasteiger partial charge in [0.2, 0.25) is 0 Å². The van der Waals surface area contributed by atoms with Crippen LogP contribution in [0.25, 0.3) is 11.1 Å². The monoisotopic (exact) mass is 349 g/mol. The van der Waals surface area contributed by atoms with Crippen LogP contribution in [0.5, 0.6) is 0 Å². The number of hydrogen-bond donors (Lipinski definition) is 3. The third kappa shape index (κ3) is 4.11. The number of nitrogens with one attached hydrogen (secondary N) is 1. The minimum Gasteiger partial charge on any atom is -0.398 e.